The first-order chi connectivity index (χ1) is 26.9. The van der Waals surface area contributed by atoms with E-state index < -0.39 is 84.3 Å². The van der Waals surface area contributed by atoms with Crippen LogP contribution in [0.15, 0.2) is 42.7 Å². The summed E-state index contributed by atoms with van der Waals surface area (Å²) in [6.07, 6.45) is 2.08. The Morgan fingerprint density at radius 3 is 2.14 bits per heavy atom. The Morgan fingerprint density at radius 1 is 0.877 bits per heavy atom. The molecule has 3 rings (SSSR count). The second kappa shape index (κ2) is 21.6. The molecular weight excluding hydrogens is 736 g/mol. The Kier molecular flexibility index (Phi) is 17.4. The number of carbonyl (C=O) groups is 7. The van der Waals surface area contributed by atoms with Gasteiger partial charge in [-0.05, 0) is 79.5 Å². The number of aliphatic carboxylic acids is 1. The number of rotatable bonds is 12. The van der Waals surface area contributed by atoms with E-state index in [1.54, 1.807) is 42.7 Å². The monoisotopic (exact) mass is 794 g/mol. The zero-order valence-electron chi connectivity index (χ0n) is 33.8. The highest BCUT2D eigenvalue weighted by Gasteiger charge is 2.38. The van der Waals surface area contributed by atoms with Gasteiger partial charge in [-0.25, -0.2) is 4.79 Å². The molecular formula is C40H58N8O9. The average Bonchev–Trinajstić information content (AvgIpc) is 3.15. The number of amides is 7. The lowest BCUT2D eigenvalue weighted by atomic mass is 9.97. The number of pyridine rings is 1. The number of aliphatic hydroxyl groups excluding tert-OH is 1. The van der Waals surface area contributed by atoms with E-state index in [1.807, 2.05) is 34.6 Å². The Bertz CT molecular complexity index is 1740. The minimum Gasteiger partial charge on any atom is -0.481 e. The maximum Gasteiger partial charge on any atom is 0.318 e. The van der Waals surface area contributed by atoms with Gasteiger partial charge in [0.15, 0.2) is 0 Å². The Labute approximate surface area is 333 Å². The van der Waals surface area contributed by atoms with Crippen LogP contribution in [0, 0.1) is 11.8 Å². The molecule has 0 unspecified atom stereocenters. The molecule has 0 aliphatic carbocycles. The second-order valence-electron chi connectivity index (χ2n) is 15.2. The van der Waals surface area contributed by atoms with Gasteiger partial charge in [0, 0.05) is 37.6 Å². The largest absolute Gasteiger partial charge is 0.481 e. The maximum absolute atomic E-state index is 14.2. The molecule has 8 N–H and O–H groups in total. The molecule has 0 fully saturated rings. The fraction of sp³-hybridized carbons (Fsp3) is 0.550. The molecule has 17 heteroatoms. The highest BCUT2D eigenvalue weighted by Crippen LogP contribution is 2.25. The minimum absolute atomic E-state index is 0.0510. The van der Waals surface area contributed by atoms with Gasteiger partial charge < -0.3 is 47.0 Å². The van der Waals surface area contributed by atoms with Crippen LogP contribution in [-0.4, -0.2) is 111 Å². The molecule has 1 aromatic heterocycles. The number of hydrogen-bond acceptors (Lipinski definition) is 9. The predicted molar refractivity (Wildman–Crippen MR) is 211 cm³/mol. The van der Waals surface area contributed by atoms with Crippen molar-refractivity contribution in [3.63, 3.8) is 0 Å². The van der Waals surface area contributed by atoms with Crippen LogP contribution in [0.3, 0.4) is 0 Å². The first kappa shape index (κ1) is 45.8. The van der Waals surface area contributed by atoms with E-state index in [1.165, 1.54) is 18.7 Å². The molecule has 2 bridgehead atoms. The number of carbonyl (C=O) groups excluding carboxylic acids is 6. The number of hydrogen-bond donors (Lipinski definition) is 8. The third-order valence-corrected chi connectivity index (χ3v) is 9.34. The van der Waals surface area contributed by atoms with Gasteiger partial charge >= 0.3 is 12.0 Å². The lowest BCUT2D eigenvalue weighted by Crippen LogP contribution is -2.64. The summed E-state index contributed by atoms with van der Waals surface area (Å²) < 4.78 is 0. The Morgan fingerprint density at radius 2 is 1.54 bits per heavy atom. The van der Waals surface area contributed by atoms with Crippen LogP contribution in [-0.2, 0) is 30.5 Å². The van der Waals surface area contributed by atoms with Crippen molar-refractivity contribution in [2.45, 2.75) is 117 Å². The molecule has 2 heterocycles. The van der Waals surface area contributed by atoms with Crippen LogP contribution >= 0.6 is 0 Å². The van der Waals surface area contributed by atoms with Gasteiger partial charge in [-0.15, -0.1) is 0 Å². The highest BCUT2D eigenvalue weighted by atomic mass is 16.4. The van der Waals surface area contributed by atoms with Gasteiger partial charge in [0.1, 0.15) is 24.2 Å². The number of nitrogens with one attached hydrogen (secondary N) is 6. The lowest BCUT2D eigenvalue weighted by Gasteiger charge is -2.36. The van der Waals surface area contributed by atoms with Gasteiger partial charge in [0.05, 0.1) is 18.6 Å². The molecule has 1 aliphatic heterocycles. The van der Waals surface area contributed by atoms with E-state index in [9.17, 15) is 43.8 Å². The fourth-order valence-electron chi connectivity index (χ4n) is 6.36. The normalized spacial score (nSPS) is 22.1. The number of unbranched alkanes of at least 4 members (excludes halogenated alkanes) is 1. The van der Waals surface area contributed by atoms with Crippen molar-refractivity contribution < 1.29 is 43.8 Å². The van der Waals surface area contributed by atoms with Crippen molar-refractivity contribution in [3.8, 4) is 11.1 Å². The summed E-state index contributed by atoms with van der Waals surface area (Å²) in [5.74, 6) is -5.59. The van der Waals surface area contributed by atoms with Crippen molar-refractivity contribution in [1.29, 1.82) is 0 Å². The molecule has 2 aromatic rings. The number of aliphatic hydroxyl groups is 1. The van der Waals surface area contributed by atoms with Crippen LogP contribution in [0.4, 0.5) is 4.79 Å². The predicted octanol–water partition coefficient (Wildman–Crippen LogP) is 1.69. The van der Waals surface area contributed by atoms with E-state index in [4.69, 9.17) is 0 Å². The number of urea groups is 1. The summed E-state index contributed by atoms with van der Waals surface area (Å²) in [5, 5.41) is 36.3. The third-order valence-electron chi connectivity index (χ3n) is 9.34. The van der Waals surface area contributed by atoms with E-state index in [0.717, 1.165) is 5.56 Å². The van der Waals surface area contributed by atoms with E-state index in [-0.39, 0.29) is 43.5 Å². The zero-order valence-corrected chi connectivity index (χ0v) is 33.8. The molecule has 0 saturated heterocycles. The van der Waals surface area contributed by atoms with Gasteiger partial charge in [0.2, 0.25) is 23.6 Å². The smallest absolute Gasteiger partial charge is 0.318 e. The van der Waals surface area contributed by atoms with Crippen LogP contribution in [0.25, 0.3) is 11.1 Å². The average molecular weight is 795 g/mol. The highest BCUT2D eigenvalue weighted by molar-refractivity contribution is 6.00. The Hall–Kier alpha value is -5.58. The van der Waals surface area contributed by atoms with Crippen LogP contribution < -0.4 is 31.9 Å². The first-order valence-electron chi connectivity index (χ1n) is 19.4. The van der Waals surface area contributed by atoms with Crippen molar-refractivity contribution in [2.75, 3.05) is 13.1 Å². The number of fused-ring (bicyclic) bond motifs is 2. The molecule has 1 aliphatic rings. The standard InChI is InChI=1S/C40H58N8O9/c1-8-9-16-48-34(39(56)42-20-23(4)5)24(6)44-38(55)33(25(7)49)47-37(54)31(19-32(50)51)46-36(53)30(17-22(2)3)45-35(52)27-10-11-29(26-12-14-41-15-13-26)28(18-27)21-43-40(48)57/h10-15,18,22-25,30-31,33-34,49H,8-9,16-17,19-21H2,1-7H3,(H,42,56)(H,43,57)(H,44,55)(H,45,52)(H,46,53)(H,47,54)(H,50,51)/t24-,25+,30-,31-,33-,34-/m0/s1. The van der Waals surface area contributed by atoms with Crippen LogP contribution in [0.5, 0.6) is 0 Å². The molecule has 0 radical (unpaired) electrons. The number of aromatic nitrogens is 1. The van der Waals surface area contributed by atoms with Gasteiger partial charge in [-0.1, -0.05) is 47.1 Å². The van der Waals surface area contributed by atoms with E-state index in [0.29, 0.717) is 24.0 Å². The fourth-order valence-corrected chi connectivity index (χ4v) is 6.36. The molecule has 1 aromatic carbocycles. The number of benzene rings is 1. The number of carboxylic acids is 1. The summed E-state index contributed by atoms with van der Waals surface area (Å²) in [5.41, 5.74) is 2.09. The molecule has 0 spiro atoms. The topological polar surface area (TPSA) is 248 Å². The molecule has 17 nitrogen and oxygen atoms in total. The number of nitrogens with zero attached hydrogens (tertiary/aromatic N) is 2. The summed E-state index contributed by atoms with van der Waals surface area (Å²) in [7, 11) is 0. The van der Waals surface area contributed by atoms with Crippen LogP contribution in [0.2, 0.25) is 0 Å². The van der Waals surface area contributed by atoms with E-state index in [2.05, 4.69) is 36.9 Å². The molecule has 7 amide bonds. The van der Waals surface area contributed by atoms with Crippen molar-refractivity contribution in [1.82, 2.24) is 41.8 Å². The third kappa shape index (κ3) is 13.5. The minimum atomic E-state index is -1.72. The van der Waals surface area contributed by atoms with Crippen LogP contribution in [0.1, 0.15) is 90.1 Å². The summed E-state index contributed by atoms with van der Waals surface area (Å²) in [6.45, 7) is 12.4. The second-order valence-corrected chi connectivity index (χ2v) is 15.2. The molecule has 6 atom stereocenters. The molecule has 57 heavy (non-hydrogen) atoms. The van der Waals surface area contributed by atoms with Gasteiger partial charge in [0.25, 0.3) is 5.91 Å². The molecule has 0 saturated carbocycles. The van der Waals surface area contributed by atoms with E-state index >= 15 is 0 Å². The summed E-state index contributed by atoms with van der Waals surface area (Å²) in [6, 6.07) is 0.804. The van der Waals surface area contributed by atoms with Crippen molar-refractivity contribution >= 4 is 41.5 Å². The van der Waals surface area contributed by atoms with Gasteiger partial charge in [-0.2, -0.15) is 0 Å². The summed E-state index contributed by atoms with van der Waals surface area (Å²) >= 11 is 0. The summed E-state index contributed by atoms with van der Waals surface area (Å²) in [4.78, 5) is 100. The molecule has 312 valence electrons. The van der Waals surface area contributed by atoms with Crippen molar-refractivity contribution in [2.24, 2.45) is 11.8 Å². The maximum atomic E-state index is 14.2. The first-order valence-corrected chi connectivity index (χ1v) is 19.4. The zero-order chi connectivity index (χ0) is 42.4. The Balaban J connectivity index is 2.23. The SMILES string of the molecule is CCCCN1C(=O)NCc2cc(ccc2-c2ccncc2)C(=O)N[C@@H](CC(C)C)C(=O)N[C@@H](CC(=O)O)C(=O)N[C@@H]([C@@H](C)O)C(=O)N[C@@H](C)[C@H]1C(=O)NCC(C)C. The lowest BCUT2D eigenvalue weighted by molar-refractivity contribution is -0.141. The quantitative estimate of drug-likeness (QED) is 0.155. The van der Waals surface area contributed by atoms with Gasteiger partial charge in [-0.3, -0.25) is 33.8 Å². The number of carboxylic acid groups (broad SMARTS) is 1. The van der Waals surface area contributed by atoms with Crippen molar-refractivity contribution in [3.05, 3.63) is 53.9 Å².